The minimum atomic E-state index is -0.786. The highest BCUT2D eigenvalue weighted by atomic mass is 19.1. The molecule has 0 aliphatic heterocycles. The van der Waals surface area contributed by atoms with Gasteiger partial charge in [-0.2, -0.15) is 0 Å². The Labute approximate surface area is 207 Å². The zero-order chi connectivity index (χ0) is 26.4. The van der Waals surface area contributed by atoms with Crippen molar-refractivity contribution < 1.29 is 14.0 Å². The lowest BCUT2D eigenvalue weighted by Gasteiger charge is -2.23. The lowest BCUT2D eigenvalue weighted by molar-refractivity contribution is -0.124. The molecule has 1 heterocycles. The highest BCUT2D eigenvalue weighted by Crippen LogP contribution is 2.17. The summed E-state index contributed by atoms with van der Waals surface area (Å²) in [5, 5.41) is 2.79. The summed E-state index contributed by atoms with van der Waals surface area (Å²) in [6.07, 6.45) is 0. The first kappa shape index (κ1) is 26.4. The second-order valence-electron chi connectivity index (χ2n) is 8.53. The monoisotopic (exact) mass is 496 g/mol. The molecule has 0 fully saturated rings. The fourth-order valence-corrected chi connectivity index (χ4v) is 3.71. The maximum atomic E-state index is 13.1. The van der Waals surface area contributed by atoms with Crippen molar-refractivity contribution >= 4 is 23.3 Å². The number of rotatable bonds is 9. The third-order valence-electron chi connectivity index (χ3n) is 5.67. The van der Waals surface area contributed by atoms with E-state index in [0.717, 1.165) is 16.0 Å². The average molecular weight is 497 g/mol. The minimum Gasteiger partial charge on any atom is -0.383 e. The number of hydrogen-bond acceptors (Lipinski definition) is 6. The van der Waals surface area contributed by atoms with Gasteiger partial charge in [-0.1, -0.05) is 42.5 Å². The Hall–Kier alpha value is -4.25. The third-order valence-corrected chi connectivity index (χ3v) is 5.67. The summed E-state index contributed by atoms with van der Waals surface area (Å²) in [7, 11) is 2.96. The van der Waals surface area contributed by atoms with Crippen LogP contribution in [-0.4, -0.2) is 53.5 Å². The Bertz CT molecular complexity index is 1340. The van der Waals surface area contributed by atoms with Crippen molar-refractivity contribution in [3.8, 4) is 0 Å². The summed E-state index contributed by atoms with van der Waals surface area (Å²) in [6, 6.07) is 14.5. The van der Waals surface area contributed by atoms with Crippen LogP contribution in [0, 0.1) is 5.82 Å². The second-order valence-corrected chi connectivity index (χ2v) is 8.53. The van der Waals surface area contributed by atoms with E-state index in [-0.39, 0.29) is 48.9 Å². The predicted molar refractivity (Wildman–Crippen MR) is 135 cm³/mol. The number of carbonyl (C=O) groups excluding carboxylic acids is 2. The van der Waals surface area contributed by atoms with E-state index in [1.165, 1.54) is 28.6 Å². The smallest absolute Gasteiger partial charge is 0.330 e. The molecule has 2 aromatic carbocycles. The highest BCUT2D eigenvalue weighted by Gasteiger charge is 2.23. The molecule has 1 aromatic heterocycles. The topological polar surface area (TPSA) is 134 Å². The number of hydrogen-bond donors (Lipinski definition) is 3. The number of aromatic nitrogens is 2. The van der Waals surface area contributed by atoms with Crippen molar-refractivity contribution in [1.29, 1.82) is 0 Å². The molecule has 0 radical (unpaired) electrons. The van der Waals surface area contributed by atoms with Gasteiger partial charge in [-0.15, -0.1) is 0 Å². The number of halogens is 1. The number of benzene rings is 2. The van der Waals surface area contributed by atoms with Crippen LogP contribution in [0.1, 0.15) is 24.1 Å². The van der Waals surface area contributed by atoms with E-state index in [9.17, 15) is 23.6 Å². The van der Waals surface area contributed by atoms with Gasteiger partial charge in [0.2, 0.25) is 11.8 Å². The van der Waals surface area contributed by atoms with Crippen molar-refractivity contribution in [2.45, 2.75) is 19.5 Å². The first-order valence-corrected chi connectivity index (χ1v) is 11.2. The number of H-pyrrole nitrogens is 1. The first-order chi connectivity index (χ1) is 17.1. The number of nitrogens with zero attached hydrogens (tertiary/aromatic N) is 3. The Morgan fingerprint density at radius 2 is 1.69 bits per heavy atom. The normalized spacial score (nSPS) is 11.8. The molecule has 36 heavy (non-hydrogen) atoms. The molecule has 1 atom stereocenters. The molecule has 0 spiro atoms. The van der Waals surface area contributed by atoms with Gasteiger partial charge in [0.15, 0.2) is 5.69 Å². The Morgan fingerprint density at radius 1 is 1.06 bits per heavy atom. The fourth-order valence-electron chi connectivity index (χ4n) is 3.71. The molecular formula is C25H29FN6O4. The van der Waals surface area contributed by atoms with Gasteiger partial charge in [0, 0.05) is 7.05 Å². The molecule has 1 unspecified atom stereocenters. The maximum Gasteiger partial charge on any atom is 0.330 e. The van der Waals surface area contributed by atoms with Crippen LogP contribution in [-0.2, 0) is 16.1 Å². The van der Waals surface area contributed by atoms with Crippen LogP contribution < -0.4 is 27.2 Å². The average Bonchev–Trinajstić information content (AvgIpc) is 2.82. The van der Waals surface area contributed by atoms with Crippen LogP contribution >= 0.6 is 0 Å². The zero-order valence-electron chi connectivity index (χ0n) is 20.3. The molecule has 0 saturated carbocycles. The largest absolute Gasteiger partial charge is 0.383 e. The molecule has 11 heteroatoms. The van der Waals surface area contributed by atoms with Gasteiger partial charge in [-0.25, -0.2) is 9.18 Å². The molecular weight excluding hydrogens is 467 g/mol. The summed E-state index contributed by atoms with van der Waals surface area (Å²) < 4.78 is 14.3. The fraction of sp³-hybridized carbons (Fsp3) is 0.280. The summed E-state index contributed by atoms with van der Waals surface area (Å²) >= 11 is 0. The van der Waals surface area contributed by atoms with E-state index < -0.39 is 17.2 Å². The second kappa shape index (κ2) is 11.5. The lowest BCUT2D eigenvalue weighted by atomic mass is 10.1. The number of nitrogen functional groups attached to an aromatic ring is 1. The van der Waals surface area contributed by atoms with Gasteiger partial charge in [0.05, 0.1) is 25.7 Å². The van der Waals surface area contributed by atoms with Crippen molar-refractivity contribution in [3.63, 3.8) is 0 Å². The Balaban J connectivity index is 1.66. The van der Waals surface area contributed by atoms with Crippen LogP contribution in [0.5, 0.6) is 0 Å². The van der Waals surface area contributed by atoms with Crippen LogP contribution in [0.25, 0.3) is 0 Å². The number of carbonyl (C=O) groups is 2. The highest BCUT2D eigenvalue weighted by molar-refractivity contribution is 5.96. The van der Waals surface area contributed by atoms with E-state index in [1.54, 1.807) is 26.1 Å². The summed E-state index contributed by atoms with van der Waals surface area (Å²) in [6.45, 7) is 1.60. The summed E-state index contributed by atoms with van der Waals surface area (Å²) in [5.41, 5.74) is 6.05. The van der Waals surface area contributed by atoms with E-state index in [1.807, 2.05) is 30.3 Å². The van der Waals surface area contributed by atoms with Crippen molar-refractivity contribution in [2.75, 3.05) is 37.8 Å². The number of aromatic amines is 1. The third kappa shape index (κ3) is 6.45. The summed E-state index contributed by atoms with van der Waals surface area (Å²) in [5.74, 6) is -1.34. The van der Waals surface area contributed by atoms with Crippen LogP contribution in [0.15, 0.2) is 64.2 Å². The van der Waals surface area contributed by atoms with E-state index in [0.29, 0.717) is 0 Å². The van der Waals surface area contributed by atoms with Crippen LogP contribution in [0.2, 0.25) is 0 Å². The molecule has 190 valence electrons. The molecule has 4 N–H and O–H groups in total. The number of anilines is 2. The van der Waals surface area contributed by atoms with E-state index in [2.05, 4.69) is 10.3 Å². The molecule has 0 saturated heterocycles. The number of likely N-dealkylation sites (N-methyl/N-ethyl adjacent to an activating group) is 2. The van der Waals surface area contributed by atoms with Gasteiger partial charge in [0.1, 0.15) is 11.6 Å². The summed E-state index contributed by atoms with van der Waals surface area (Å²) in [4.78, 5) is 55.0. The SMILES string of the molecule is CC(NC(=O)CN(C)CC(=O)N(C)c1c(N)n(Cc2ccccc2)c(=O)[nH]c1=O)c1ccc(F)cc1. The molecule has 3 aromatic rings. The van der Waals surface area contributed by atoms with E-state index in [4.69, 9.17) is 5.73 Å². The van der Waals surface area contributed by atoms with Gasteiger partial charge in [0.25, 0.3) is 5.56 Å². The quantitative estimate of drug-likeness (QED) is 0.406. The van der Waals surface area contributed by atoms with Crippen LogP contribution in [0.4, 0.5) is 15.9 Å². The zero-order valence-corrected chi connectivity index (χ0v) is 20.3. The van der Waals surface area contributed by atoms with Gasteiger partial charge < -0.3 is 16.0 Å². The van der Waals surface area contributed by atoms with Crippen LogP contribution in [0.3, 0.4) is 0 Å². The standard InChI is InChI=1S/C25H29FN6O4/c1-16(18-9-11-19(26)12-10-18)28-20(33)14-30(2)15-21(34)31(3)22-23(27)32(25(36)29-24(22)35)13-17-7-5-4-6-8-17/h4-12,16H,13-15,27H2,1-3H3,(H,28,33)(H,29,35,36). The van der Waals surface area contributed by atoms with Gasteiger partial charge in [-0.05, 0) is 37.2 Å². The molecule has 0 bridgehead atoms. The molecule has 2 amide bonds. The van der Waals surface area contributed by atoms with Crippen molar-refractivity contribution in [1.82, 2.24) is 19.8 Å². The van der Waals surface area contributed by atoms with Crippen molar-refractivity contribution in [2.24, 2.45) is 0 Å². The Kier molecular flexibility index (Phi) is 8.38. The molecule has 0 aliphatic carbocycles. The van der Waals surface area contributed by atoms with Crippen molar-refractivity contribution in [3.05, 3.63) is 92.4 Å². The number of nitrogens with one attached hydrogen (secondary N) is 2. The first-order valence-electron chi connectivity index (χ1n) is 11.2. The Morgan fingerprint density at radius 3 is 2.33 bits per heavy atom. The van der Waals surface area contributed by atoms with Gasteiger partial charge >= 0.3 is 5.69 Å². The molecule has 3 rings (SSSR count). The maximum absolute atomic E-state index is 13.1. The number of nitrogens with two attached hydrogens (primary N) is 1. The minimum absolute atomic E-state index is 0.0928. The molecule has 10 nitrogen and oxygen atoms in total. The number of amides is 2. The molecule has 0 aliphatic rings. The lowest BCUT2D eigenvalue weighted by Crippen LogP contribution is -2.44. The van der Waals surface area contributed by atoms with E-state index >= 15 is 0 Å². The predicted octanol–water partition coefficient (Wildman–Crippen LogP) is 1.08. The van der Waals surface area contributed by atoms with Gasteiger partial charge in [-0.3, -0.25) is 28.8 Å².